The van der Waals surface area contributed by atoms with Gasteiger partial charge in [-0.25, -0.2) is 0 Å². The number of rotatable bonds is 1. The maximum absolute atomic E-state index is 6.16. The minimum Gasteiger partial charge on any atom is -0.324 e. The summed E-state index contributed by atoms with van der Waals surface area (Å²) in [4.78, 5) is 0. The molecular weight excluding hydrogens is 312 g/mol. The minimum atomic E-state index is 0.174. The van der Waals surface area contributed by atoms with E-state index in [2.05, 4.69) is 38.8 Å². The van der Waals surface area contributed by atoms with Crippen molar-refractivity contribution in [2.24, 2.45) is 5.73 Å². The summed E-state index contributed by atoms with van der Waals surface area (Å²) in [6, 6.07) is 8.23. The number of benzene rings is 1. The molecule has 0 fully saturated rings. The fraction of sp³-hybridized carbons (Fsp3) is 0.286. The molecule has 2 nitrogen and oxygen atoms in total. The lowest BCUT2D eigenvalue weighted by atomic mass is 9.93. The Hall–Kier alpha value is -0.770. The number of halogens is 2. The van der Waals surface area contributed by atoms with Gasteiger partial charge in [-0.15, -0.1) is 0 Å². The smallest absolute Gasteiger partial charge is 0.0609 e. The molecule has 2 N–H and O–H groups in total. The van der Waals surface area contributed by atoms with Gasteiger partial charge in [-0.2, -0.15) is 0 Å². The van der Waals surface area contributed by atoms with Gasteiger partial charge >= 0.3 is 0 Å². The fourth-order valence-corrected chi connectivity index (χ4v) is 3.26. The van der Waals surface area contributed by atoms with Crippen LogP contribution in [-0.4, -0.2) is 4.57 Å². The molecule has 1 aliphatic carbocycles. The van der Waals surface area contributed by atoms with Gasteiger partial charge in [0.05, 0.1) is 15.2 Å². The first kappa shape index (κ1) is 12.3. The van der Waals surface area contributed by atoms with E-state index in [0.717, 1.165) is 34.4 Å². The van der Waals surface area contributed by atoms with Gasteiger partial charge in [0.25, 0.3) is 0 Å². The van der Waals surface area contributed by atoms with Gasteiger partial charge < -0.3 is 10.3 Å². The Bertz CT molecular complexity index is 591. The van der Waals surface area contributed by atoms with E-state index in [0.29, 0.717) is 0 Å². The molecule has 1 aromatic carbocycles. The fourth-order valence-electron chi connectivity index (χ4n) is 2.63. The standard InChI is InChI=1S/C14H14BrClN2/c15-14-10(16)3-1-6-13(14)18-8-7-9-11(17)4-2-5-12(9)18/h1,3,6-8,11H,2,4-5,17H2. The SMILES string of the molecule is NC1CCCc2c1ccn2-c1cccc(Cl)c1Br. The first-order valence-electron chi connectivity index (χ1n) is 6.08. The van der Waals surface area contributed by atoms with Crippen molar-refractivity contribution >= 4 is 27.5 Å². The predicted molar refractivity (Wildman–Crippen MR) is 78.3 cm³/mol. The molecular formula is C14H14BrClN2. The van der Waals surface area contributed by atoms with Gasteiger partial charge in [-0.3, -0.25) is 0 Å². The summed E-state index contributed by atoms with van der Waals surface area (Å²) in [5.41, 5.74) is 9.82. The molecule has 3 rings (SSSR count). The van der Waals surface area contributed by atoms with Crippen LogP contribution < -0.4 is 5.73 Å². The Morgan fingerprint density at radius 1 is 1.33 bits per heavy atom. The second-order valence-electron chi connectivity index (χ2n) is 4.66. The zero-order valence-electron chi connectivity index (χ0n) is 9.87. The van der Waals surface area contributed by atoms with Crippen molar-refractivity contribution in [3.05, 3.63) is 51.2 Å². The highest BCUT2D eigenvalue weighted by molar-refractivity contribution is 9.10. The second kappa shape index (κ2) is 4.72. The molecule has 4 heteroatoms. The molecule has 94 valence electrons. The van der Waals surface area contributed by atoms with Crippen LogP contribution in [-0.2, 0) is 6.42 Å². The lowest BCUT2D eigenvalue weighted by molar-refractivity contribution is 0.560. The number of hydrogen-bond acceptors (Lipinski definition) is 1. The topological polar surface area (TPSA) is 30.9 Å². The van der Waals surface area contributed by atoms with E-state index in [1.165, 1.54) is 11.3 Å². The van der Waals surface area contributed by atoms with E-state index >= 15 is 0 Å². The third-order valence-electron chi connectivity index (χ3n) is 3.55. The number of fused-ring (bicyclic) bond motifs is 1. The summed E-state index contributed by atoms with van der Waals surface area (Å²) in [6.07, 6.45) is 5.39. The van der Waals surface area contributed by atoms with E-state index in [4.69, 9.17) is 17.3 Å². The van der Waals surface area contributed by atoms with Gasteiger partial charge in [0, 0.05) is 17.9 Å². The molecule has 1 heterocycles. The molecule has 1 aliphatic rings. The Balaban J connectivity index is 2.16. The van der Waals surface area contributed by atoms with Gasteiger partial charge in [0.1, 0.15) is 0 Å². The van der Waals surface area contributed by atoms with E-state index in [1.807, 2.05) is 12.1 Å². The van der Waals surface area contributed by atoms with Gasteiger partial charge in [0.15, 0.2) is 0 Å². The average Bonchev–Trinajstić information content (AvgIpc) is 2.78. The van der Waals surface area contributed by atoms with Gasteiger partial charge in [-0.1, -0.05) is 17.7 Å². The van der Waals surface area contributed by atoms with Crippen molar-refractivity contribution in [3.63, 3.8) is 0 Å². The lowest BCUT2D eigenvalue weighted by Crippen LogP contribution is -2.17. The van der Waals surface area contributed by atoms with Crippen LogP contribution in [0.4, 0.5) is 0 Å². The predicted octanol–water partition coefficient (Wildman–Crippen LogP) is 4.23. The van der Waals surface area contributed by atoms with Crippen molar-refractivity contribution in [2.45, 2.75) is 25.3 Å². The zero-order chi connectivity index (χ0) is 12.7. The molecule has 18 heavy (non-hydrogen) atoms. The summed E-state index contributed by atoms with van der Waals surface area (Å²) < 4.78 is 3.13. The Morgan fingerprint density at radius 3 is 3.00 bits per heavy atom. The van der Waals surface area contributed by atoms with E-state index in [9.17, 15) is 0 Å². The van der Waals surface area contributed by atoms with Crippen LogP contribution in [0.25, 0.3) is 5.69 Å². The van der Waals surface area contributed by atoms with Crippen molar-refractivity contribution in [2.75, 3.05) is 0 Å². The van der Waals surface area contributed by atoms with Crippen LogP contribution in [0.5, 0.6) is 0 Å². The molecule has 0 spiro atoms. The Morgan fingerprint density at radius 2 is 2.17 bits per heavy atom. The van der Waals surface area contributed by atoms with Crippen molar-refractivity contribution in [1.29, 1.82) is 0 Å². The van der Waals surface area contributed by atoms with E-state index < -0.39 is 0 Å². The van der Waals surface area contributed by atoms with Crippen LogP contribution in [0, 0.1) is 0 Å². The van der Waals surface area contributed by atoms with Crippen LogP contribution in [0.2, 0.25) is 5.02 Å². The van der Waals surface area contributed by atoms with Crippen molar-refractivity contribution in [1.82, 2.24) is 4.57 Å². The van der Waals surface area contributed by atoms with Crippen molar-refractivity contribution < 1.29 is 0 Å². The van der Waals surface area contributed by atoms with E-state index in [-0.39, 0.29) is 6.04 Å². The molecule has 0 saturated heterocycles. The molecule has 0 aliphatic heterocycles. The highest BCUT2D eigenvalue weighted by atomic mass is 79.9. The van der Waals surface area contributed by atoms with Crippen LogP contribution in [0.1, 0.15) is 30.1 Å². The zero-order valence-corrected chi connectivity index (χ0v) is 12.2. The second-order valence-corrected chi connectivity index (χ2v) is 5.86. The molecule has 0 radical (unpaired) electrons. The monoisotopic (exact) mass is 324 g/mol. The first-order valence-corrected chi connectivity index (χ1v) is 7.25. The number of aromatic nitrogens is 1. The quantitative estimate of drug-likeness (QED) is 0.836. The lowest BCUT2D eigenvalue weighted by Gasteiger charge is -2.21. The van der Waals surface area contributed by atoms with E-state index in [1.54, 1.807) is 0 Å². The largest absolute Gasteiger partial charge is 0.324 e. The molecule has 0 bridgehead atoms. The molecule has 0 amide bonds. The van der Waals surface area contributed by atoms with Gasteiger partial charge in [0.2, 0.25) is 0 Å². The summed E-state index contributed by atoms with van der Waals surface area (Å²) in [7, 11) is 0. The molecule has 2 aromatic rings. The first-order chi connectivity index (χ1) is 8.68. The number of nitrogens with two attached hydrogens (primary N) is 1. The normalized spacial score (nSPS) is 18.7. The highest BCUT2D eigenvalue weighted by Crippen LogP contribution is 2.34. The summed E-state index contributed by atoms with van der Waals surface area (Å²) >= 11 is 9.72. The number of hydrogen-bond donors (Lipinski definition) is 1. The summed E-state index contributed by atoms with van der Waals surface area (Å²) in [5.74, 6) is 0. The Kier molecular flexibility index (Phi) is 3.22. The summed E-state index contributed by atoms with van der Waals surface area (Å²) in [6.45, 7) is 0. The maximum Gasteiger partial charge on any atom is 0.0609 e. The average molecular weight is 326 g/mol. The maximum atomic E-state index is 6.16. The minimum absolute atomic E-state index is 0.174. The summed E-state index contributed by atoms with van der Waals surface area (Å²) in [5, 5.41) is 0.732. The molecule has 1 aromatic heterocycles. The third kappa shape index (κ3) is 1.91. The van der Waals surface area contributed by atoms with Crippen LogP contribution >= 0.6 is 27.5 Å². The molecule has 0 saturated carbocycles. The number of nitrogens with zero attached hydrogens (tertiary/aromatic N) is 1. The third-order valence-corrected chi connectivity index (χ3v) is 4.92. The molecule has 1 atom stereocenters. The van der Waals surface area contributed by atoms with Gasteiger partial charge in [-0.05, 0) is 59.0 Å². The van der Waals surface area contributed by atoms with Crippen LogP contribution in [0.15, 0.2) is 34.9 Å². The highest BCUT2D eigenvalue weighted by Gasteiger charge is 2.21. The Labute approximate surface area is 120 Å². The molecule has 1 unspecified atom stereocenters. The van der Waals surface area contributed by atoms with Crippen LogP contribution in [0.3, 0.4) is 0 Å². The van der Waals surface area contributed by atoms with Crippen molar-refractivity contribution in [3.8, 4) is 5.69 Å².